The smallest absolute Gasteiger partial charge is 0.129 e. The monoisotopic (exact) mass is 356 g/mol. The first-order chi connectivity index (χ1) is 9.32. The summed E-state index contributed by atoms with van der Waals surface area (Å²) < 4.78 is 14.9. The summed E-state index contributed by atoms with van der Waals surface area (Å²) in [4.78, 5) is 4.67. The Kier molecular flexibility index (Phi) is 4.62. The lowest BCUT2D eigenvalue weighted by Gasteiger charge is -2.17. The van der Waals surface area contributed by atoms with Gasteiger partial charge in [0.1, 0.15) is 10.8 Å². The third-order valence-corrected chi connectivity index (χ3v) is 4.50. The molecule has 1 aromatic heterocycles. The van der Waals surface area contributed by atoms with Crippen LogP contribution in [0.5, 0.6) is 0 Å². The van der Waals surface area contributed by atoms with E-state index in [1.165, 1.54) is 6.07 Å². The van der Waals surface area contributed by atoms with E-state index in [0.717, 1.165) is 15.2 Å². The van der Waals surface area contributed by atoms with Gasteiger partial charge in [-0.2, -0.15) is 0 Å². The van der Waals surface area contributed by atoms with Crippen molar-refractivity contribution in [3.05, 3.63) is 50.1 Å². The zero-order valence-electron chi connectivity index (χ0n) is 12.0. The molecule has 1 heterocycles. The molecule has 0 aliphatic heterocycles. The van der Waals surface area contributed by atoms with Crippen LogP contribution in [0.25, 0.3) is 0 Å². The first-order valence-electron chi connectivity index (χ1n) is 6.41. The predicted molar refractivity (Wildman–Crippen MR) is 85.8 cm³/mol. The molecule has 1 N–H and O–H groups in total. The predicted octanol–water partition coefficient (Wildman–Crippen LogP) is 4.65. The zero-order valence-corrected chi connectivity index (χ0v) is 14.4. The van der Waals surface area contributed by atoms with Crippen molar-refractivity contribution in [3.63, 3.8) is 0 Å². The minimum Gasteiger partial charge on any atom is -0.307 e. The van der Waals surface area contributed by atoms with Gasteiger partial charge in [-0.15, -0.1) is 11.3 Å². The number of nitrogens with one attached hydrogen (secondary N) is 1. The van der Waals surface area contributed by atoms with Gasteiger partial charge in [-0.3, -0.25) is 0 Å². The minimum atomic E-state index is -0.230. The van der Waals surface area contributed by atoms with Gasteiger partial charge in [0.25, 0.3) is 0 Å². The van der Waals surface area contributed by atoms with Crippen molar-refractivity contribution < 1.29 is 4.39 Å². The lowest BCUT2D eigenvalue weighted by molar-refractivity contribution is 0.556. The van der Waals surface area contributed by atoms with Crippen LogP contribution in [0.4, 0.5) is 4.39 Å². The largest absolute Gasteiger partial charge is 0.307 e. The van der Waals surface area contributed by atoms with Gasteiger partial charge < -0.3 is 5.32 Å². The van der Waals surface area contributed by atoms with Crippen molar-refractivity contribution >= 4 is 27.3 Å². The fraction of sp³-hybridized carbons (Fsp3) is 0.400. The van der Waals surface area contributed by atoms with Crippen molar-refractivity contribution in [2.24, 2.45) is 0 Å². The third-order valence-electron chi connectivity index (χ3n) is 3.10. The molecule has 1 aromatic carbocycles. The second-order valence-electron chi connectivity index (χ2n) is 5.71. The summed E-state index contributed by atoms with van der Waals surface area (Å²) in [5, 5.41) is 6.09. The van der Waals surface area contributed by atoms with E-state index in [1.807, 2.05) is 13.1 Å². The quantitative estimate of drug-likeness (QED) is 0.865. The molecular weight excluding hydrogens is 339 g/mol. The van der Waals surface area contributed by atoms with Gasteiger partial charge in [-0.25, -0.2) is 9.37 Å². The summed E-state index contributed by atoms with van der Waals surface area (Å²) in [6.45, 7) is 6.38. The Hall–Kier alpha value is -0.780. The van der Waals surface area contributed by atoms with Crippen molar-refractivity contribution in [3.8, 4) is 0 Å². The molecule has 0 spiro atoms. The standard InChI is InChI=1S/C15H18BrFN2S/c1-15(2,3)12-8-20-14(19-12)13(18-4)10-6-5-9(16)7-11(10)17/h5-8,13,18H,1-4H3. The van der Waals surface area contributed by atoms with Gasteiger partial charge in [0.15, 0.2) is 0 Å². The maximum Gasteiger partial charge on any atom is 0.129 e. The number of hydrogen-bond acceptors (Lipinski definition) is 3. The highest BCUT2D eigenvalue weighted by Gasteiger charge is 2.23. The summed E-state index contributed by atoms with van der Waals surface area (Å²) in [7, 11) is 1.82. The van der Waals surface area contributed by atoms with Crippen molar-refractivity contribution in [1.29, 1.82) is 0 Å². The number of rotatable bonds is 3. The van der Waals surface area contributed by atoms with Crippen LogP contribution in [0.15, 0.2) is 28.1 Å². The highest BCUT2D eigenvalue weighted by molar-refractivity contribution is 9.10. The van der Waals surface area contributed by atoms with E-state index in [2.05, 4.69) is 52.4 Å². The molecule has 0 radical (unpaired) electrons. The number of halogens is 2. The molecular formula is C15H18BrFN2S. The number of benzene rings is 1. The first-order valence-corrected chi connectivity index (χ1v) is 8.08. The lowest BCUT2D eigenvalue weighted by Crippen LogP contribution is -2.19. The molecule has 5 heteroatoms. The van der Waals surface area contributed by atoms with Crippen LogP contribution in [0.2, 0.25) is 0 Å². The fourth-order valence-corrected chi connectivity index (χ4v) is 3.42. The molecule has 2 rings (SSSR count). The normalized spacial score (nSPS) is 13.5. The van der Waals surface area contributed by atoms with E-state index in [9.17, 15) is 4.39 Å². The molecule has 0 amide bonds. The molecule has 0 saturated carbocycles. The molecule has 2 aromatic rings. The maximum absolute atomic E-state index is 14.1. The Labute approximate surface area is 131 Å². The highest BCUT2D eigenvalue weighted by atomic mass is 79.9. The number of nitrogens with zero attached hydrogens (tertiary/aromatic N) is 1. The average Bonchev–Trinajstić information content (AvgIpc) is 2.82. The summed E-state index contributed by atoms with van der Waals surface area (Å²) in [6.07, 6.45) is 0. The van der Waals surface area contributed by atoms with Crippen LogP contribution in [0, 0.1) is 5.82 Å². The zero-order chi connectivity index (χ0) is 14.9. The fourth-order valence-electron chi connectivity index (χ4n) is 1.91. The summed E-state index contributed by atoms with van der Waals surface area (Å²) in [5.41, 5.74) is 1.66. The van der Waals surface area contributed by atoms with Crippen LogP contribution in [0.3, 0.4) is 0 Å². The molecule has 0 saturated heterocycles. The van der Waals surface area contributed by atoms with Gasteiger partial charge in [0.2, 0.25) is 0 Å². The molecule has 0 aliphatic carbocycles. The van der Waals surface area contributed by atoms with Crippen LogP contribution in [0.1, 0.15) is 43.1 Å². The lowest BCUT2D eigenvalue weighted by atomic mass is 9.93. The van der Waals surface area contributed by atoms with Crippen LogP contribution < -0.4 is 5.32 Å². The Morgan fingerprint density at radius 3 is 2.55 bits per heavy atom. The number of hydrogen-bond donors (Lipinski definition) is 1. The topological polar surface area (TPSA) is 24.9 Å². The van der Waals surface area contributed by atoms with Gasteiger partial charge in [0, 0.05) is 20.8 Å². The highest BCUT2D eigenvalue weighted by Crippen LogP contribution is 2.31. The van der Waals surface area contributed by atoms with Crippen molar-refractivity contribution in [2.45, 2.75) is 32.2 Å². The molecule has 108 valence electrons. The molecule has 2 nitrogen and oxygen atoms in total. The Morgan fingerprint density at radius 1 is 1.35 bits per heavy atom. The van der Waals surface area contributed by atoms with E-state index in [0.29, 0.717) is 5.56 Å². The molecule has 0 aliphatic rings. The van der Waals surface area contributed by atoms with Crippen LogP contribution >= 0.6 is 27.3 Å². The van der Waals surface area contributed by atoms with Gasteiger partial charge in [0.05, 0.1) is 11.7 Å². The van der Waals surface area contributed by atoms with E-state index >= 15 is 0 Å². The van der Waals surface area contributed by atoms with Crippen LogP contribution in [-0.2, 0) is 5.41 Å². The summed E-state index contributed by atoms with van der Waals surface area (Å²) in [6, 6.07) is 4.90. The Balaban J connectivity index is 2.40. The van der Waals surface area contributed by atoms with E-state index < -0.39 is 0 Å². The van der Waals surface area contributed by atoms with Crippen molar-refractivity contribution in [2.75, 3.05) is 7.05 Å². The Morgan fingerprint density at radius 2 is 2.05 bits per heavy atom. The second kappa shape index (κ2) is 5.92. The maximum atomic E-state index is 14.1. The van der Waals surface area contributed by atoms with Gasteiger partial charge in [-0.1, -0.05) is 42.8 Å². The van der Waals surface area contributed by atoms with Crippen LogP contribution in [-0.4, -0.2) is 12.0 Å². The van der Waals surface area contributed by atoms with Crippen molar-refractivity contribution in [1.82, 2.24) is 10.3 Å². The summed E-state index contributed by atoms with van der Waals surface area (Å²) >= 11 is 4.85. The SMILES string of the molecule is CNC(c1nc(C(C)(C)C)cs1)c1ccc(Br)cc1F. The molecule has 20 heavy (non-hydrogen) atoms. The summed E-state index contributed by atoms with van der Waals surface area (Å²) in [5.74, 6) is -0.230. The van der Waals surface area contributed by atoms with E-state index in [4.69, 9.17) is 0 Å². The molecule has 0 bridgehead atoms. The molecule has 0 fully saturated rings. The van der Waals surface area contributed by atoms with Gasteiger partial charge in [-0.05, 0) is 19.2 Å². The number of thiazole rings is 1. The molecule has 1 atom stereocenters. The molecule has 1 unspecified atom stereocenters. The van der Waals surface area contributed by atoms with E-state index in [1.54, 1.807) is 17.4 Å². The third kappa shape index (κ3) is 3.27. The minimum absolute atomic E-state index is 0.00526. The average molecular weight is 357 g/mol. The Bertz CT molecular complexity index is 604. The second-order valence-corrected chi connectivity index (χ2v) is 7.51. The number of aromatic nitrogens is 1. The van der Waals surface area contributed by atoms with Gasteiger partial charge >= 0.3 is 0 Å². The van der Waals surface area contributed by atoms with E-state index in [-0.39, 0.29) is 17.3 Å². The first kappa shape index (κ1) is 15.6.